The second kappa shape index (κ2) is 5.45. The lowest BCUT2D eigenvalue weighted by atomic mass is 10.1. The molecule has 1 aromatic heterocycles. The van der Waals surface area contributed by atoms with Gasteiger partial charge in [0.05, 0.1) is 22.2 Å². The molecule has 0 saturated heterocycles. The summed E-state index contributed by atoms with van der Waals surface area (Å²) in [6.45, 7) is 0. The molecule has 2 heterocycles. The number of benzene rings is 2. The van der Waals surface area contributed by atoms with Gasteiger partial charge < -0.3 is 4.84 Å². The van der Waals surface area contributed by atoms with E-state index in [1.54, 1.807) is 12.1 Å². The topological polar surface area (TPSA) is 89.5 Å². The maximum Gasteiger partial charge on any atom is 0.366 e. The number of hydrogen-bond acceptors (Lipinski definition) is 6. The highest BCUT2D eigenvalue weighted by molar-refractivity contribution is 6.21. The van der Waals surface area contributed by atoms with E-state index in [9.17, 15) is 18.8 Å². The minimum atomic E-state index is -1.08. The van der Waals surface area contributed by atoms with E-state index in [0.29, 0.717) is 5.06 Å². The SMILES string of the molecule is O=C(ON1C(=O)c2ccccc2C1=O)c1cc(F)cc2nccnc12. The highest BCUT2D eigenvalue weighted by Crippen LogP contribution is 2.24. The van der Waals surface area contributed by atoms with Crippen molar-refractivity contribution in [3.8, 4) is 0 Å². The number of aromatic nitrogens is 2. The third kappa shape index (κ3) is 2.31. The summed E-state index contributed by atoms with van der Waals surface area (Å²) in [5.74, 6) is -3.33. The van der Waals surface area contributed by atoms with Gasteiger partial charge in [-0.25, -0.2) is 9.18 Å². The minimum absolute atomic E-state index is 0.102. The Hall–Kier alpha value is -3.68. The molecule has 0 saturated carbocycles. The normalized spacial score (nSPS) is 13.2. The zero-order chi connectivity index (χ0) is 17.6. The van der Waals surface area contributed by atoms with Gasteiger partial charge in [0, 0.05) is 18.5 Å². The van der Waals surface area contributed by atoms with E-state index in [1.807, 2.05) is 0 Å². The van der Waals surface area contributed by atoms with Gasteiger partial charge in [-0.15, -0.1) is 0 Å². The van der Waals surface area contributed by atoms with Crippen molar-refractivity contribution in [1.82, 2.24) is 15.0 Å². The second-order valence-electron chi connectivity index (χ2n) is 5.21. The average molecular weight is 337 g/mol. The smallest absolute Gasteiger partial charge is 0.324 e. The highest BCUT2D eigenvalue weighted by Gasteiger charge is 2.39. The van der Waals surface area contributed by atoms with Crippen LogP contribution in [-0.4, -0.2) is 32.8 Å². The molecule has 1 aliphatic heterocycles. The van der Waals surface area contributed by atoms with Crippen LogP contribution in [0.4, 0.5) is 4.39 Å². The molecule has 8 heteroatoms. The van der Waals surface area contributed by atoms with Crippen LogP contribution in [0.25, 0.3) is 11.0 Å². The fraction of sp³-hybridized carbons (Fsp3) is 0. The molecule has 7 nitrogen and oxygen atoms in total. The molecule has 0 unspecified atom stereocenters. The van der Waals surface area contributed by atoms with Gasteiger partial charge >= 0.3 is 5.97 Å². The number of imide groups is 1. The predicted molar refractivity (Wildman–Crippen MR) is 81.9 cm³/mol. The molecule has 0 N–H and O–H groups in total. The molecule has 0 radical (unpaired) electrons. The Labute approximate surface area is 139 Å². The Balaban J connectivity index is 1.70. The van der Waals surface area contributed by atoms with Crippen molar-refractivity contribution in [2.24, 2.45) is 0 Å². The lowest BCUT2D eigenvalue weighted by Crippen LogP contribution is -2.32. The molecule has 0 bridgehead atoms. The number of fused-ring (bicyclic) bond motifs is 2. The van der Waals surface area contributed by atoms with Gasteiger partial charge in [-0.3, -0.25) is 19.6 Å². The molecule has 0 spiro atoms. The number of carbonyl (C=O) groups is 3. The van der Waals surface area contributed by atoms with Gasteiger partial charge in [-0.05, 0) is 18.2 Å². The Morgan fingerprint density at radius 2 is 1.64 bits per heavy atom. The van der Waals surface area contributed by atoms with E-state index < -0.39 is 23.6 Å². The van der Waals surface area contributed by atoms with Crippen molar-refractivity contribution >= 4 is 28.8 Å². The number of hydrogen-bond donors (Lipinski definition) is 0. The standard InChI is InChI=1S/C17H8FN3O4/c18-9-7-12(14-13(8-9)19-5-6-20-14)17(24)25-21-15(22)10-3-1-2-4-11(10)16(21)23/h1-8H. The largest absolute Gasteiger partial charge is 0.366 e. The van der Waals surface area contributed by atoms with Crippen molar-refractivity contribution in [3.63, 3.8) is 0 Å². The van der Waals surface area contributed by atoms with Gasteiger partial charge in [-0.2, -0.15) is 0 Å². The Morgan fingerprint density at radius 3 is 2.32 bits per heavy atom. The summed E-state index contributed by atoms with van der Waals surface area (Å²) in [7, 11) is 0. The minimum Gasteiger partial charge on any atom is -0.324 e. The third-order valence-corrected chi connectivity index (χ3v) is 3.69. The van der Waals surface area contributed by atoms with Crippen LogP contribution in [0.3, 0.4) is 0 Å². The summed E-state index contributed by atoms with van der Waals surface area (Å²) in [4.78, 5) is 49.7. The average Bonchev–Trinajstić information content (AvgIpc) is 2.86. The summed E-state index contributed by atoms with van der Waals surface area (Å²) >= 11 is 0. The first-order chi connectivity index (χ1) is 12.1. The predicted octanol–water partition coefficient (Wildman–Crippen LogP) is 2.14. The van der Waals surface area contributed by atoms with E-state index >= 15 is 0 Å². The molecule has 122 valence electrons. The van der Waals surface area contributed by atoms with E-state index in [0.717, 1.165) is 12.1 Å². The fourth-order valence-electron chi connectivity index (χ4n) is 2.58. The number of halogens is 1. The molecule has 3 aromatic rings. The van der Waals surface area contributed by atoms with E-state index in [4.69, 9.17) is 4.84 Å². The molecule has 1 aliphatic rings. The number of hydroxylamine groups is 2. The summed E-state index contributed by atoms with van der Waals surface area (Å²) in [5.41, 5.74) is 0.273. The molecule has 0 fully saturated rings. The van der Waals surface area contributed by atoms with Crippen molar-refractivity contribution in [1.29, 1.82) is 0 Å². The van der Waals surface area contributed by atoms with E-state index in [1.165, 1.54) is 24.5 Å². The monoisotopic (exact) mass is 337 g/mol. The van der Waals surface area contributed by atoms with Crippen molar-refractivity contribution in [3.05, 3.63) is 71.3 Å². The quantitative estimate of drug-likeness (QED) is 0.666. The summed E-state index contributed by atoms with van der Waals surface area (Å²) < 4.78 is 13.7. The molecular weight excluding hydrogens is 329 g/mol. The van der Waals surface area contributed by atoms with Crippen molar-refractivity contribution in [2.45, 2.75) is 0 Å². The van der Waals surface area contributed by atoms with Crippen LogP contribution in [0.1, 0.15) is 31.1 Å². The first kappa shape index (κ1) is 14.9. The summed E-state index contributed by atoms with van der Waals surface area (Å²) in [5, 5.41) is 0.361. The maximum atomic E-state index is 13.7. The Kier molecular flexibility index (Phi) is 3.24. The molecule has 4 rings (SSSR count). The number of rotatable bonds is 2. The molecule has 2 aromatic carbocycles. The van der Waals surface area contributed by atoms with Crippen LogP contribution in [0.15, 0.2) is 48.8 Å². The van der Waals surface area contributed by atoms with Crippen LogP contribution >= 0.6 is 0 Å². The first-order valence-corrected chi connectivity index (χ1v) is 7.16. The second-order valence-corrected chi connectivity index (χ2v) is 5.21. The molecular formula is C17H8FN3O4. The van der Waals surface area contributed by atoms with E-state index in [-0.39, 0.29) is 27.7 Å². The van der Waals surface area contributed by atoms with Crippen LogP contribution < -0.4 is 0 Å². The first-order valence-electron chi connectivity index (χ1n) is 7.16. The summed E-state index contributed by atoms with van der Waals surface area (Å²) in [6.07, 6.45) is 2.68. The van der Waals surface area contributed by atoms with Crippen molar-refractivity contribution in [2.75, 3.05) is 0 Å². The molecule has 25 heavy (non-hydrogen) atoms. The molecule has 2 amide bonds. The molecule has 0 atom stereocenters. The van der Waals surface area contributed by atoms with Crippen LogP contribution in [0.2, 0.25) is 0 Å². The Bertz CT molecular complexity index is 1030. The van der Waals surface area contributed by atoms with Gasteiger partial charge in [0.1, 0.15) is 11.3 Å². The van der Waals surface area contributed by atoms with Crippen molar-refractivity contribution < 1.29 is 23.6 Å². The molecule has 0 aliphatic carbocycles. The van der Waals surface area contributed by atoms with E-state index in [2.05, 4.69) is 9.97 Å². The Morgan fingerprint density at radius 1 is 1.00 bits per heavy atom. The number of amides is 2. The highest BCUT2D eigenvalue weighted by atomic mass is 19.1. The number of nitrogens with zero attached hydrogens (tertiary/aromatic N) is 3. The zero-order valence-electron chi connectivity index (χ0n) is 12.5. The van der Waals surface area contributed by atoms with Crippen LogP contribution in [0, 0.1) is 5.82 Å². The van der Waals surface area contributed by atoms with Crippen LogP contribution in [0.5, 0.6) is 0 Å². The van der Waals surface area contributed by atoms with Gasteiger partial charge in [-0.1, -0.05) is 17.2 Å². The van der Waals surface area contributed by atoms with Gasteiger partial charge in [0.15, 0.2) is 0 Å². The van der Waals surface area contributed by atoms with Crippen LogP contribution in [-0.2, 0) is 4.84 Å². The third-order valence-electron chi connectivity index (χ3n) is 3.69. The number of carbonyl (C=O) groups excluding carboxylic acids is 3. The lowest BCUT2D eigenvalue weighted by molar-refractivity contribution is -0.0583. The summed E-state index contributed by atoms with van der Waals surface area (Å²) in [6, 6.07) is 8.10. The van der Waals surface area contributed by atoms with Gasteiger partial charge in [0.2, 0.25) is 0 Å². The zero-order valence-corrected chi connectivity index (χ0v) is 12.5. The maximum absolute atomic E-state index is 13.7. The van der Waals surface area contributed by atoms with Gasteiger partial charge in [0.25, 0.3) is 11.8 Å². The lowest BCUT2D eigenvalue weighted by Gasteiger charge is -2.13. The fourth-order valence-corrected chi connectivity index (χ4v) is 2.58.